The lowest BCUT2D eigenvalue weighted by Gasteiger charge is -2.22. The van der Waals surface area contributed by atoms with Crippen molar-refractivity contribution in [3.63, 3.8) is 0 Å². The molecule has 1 heterocycles. The number of piperidine rings is 1. The number of ether oxygens (including phenoxy) is 1. The molecule has 1 aromatic rings. The van der Waals surface area contributed by atoms with E-state index < -0.39 is 0 Å². The van der Waals surface area contributed by atoms with Gasteiger partial charge in [0.2, 0.25) is 5.91 Å². The van der Waals surface area contributed by atoms with Gasteiger partial charge >= 0.3 is 0 Å². The summed E-state index contributed by atoms with van der Waals surface area (Å²) in [6.07, 6.45) is 3.12. The van der Waals surface area contributed by atoms with Crippen LogP contribution in [0.5, 0.6) is 5.75 Å². The van der Waals surface area contributed by atoms with Crippen molar-refractivity contribution in [3.05, 3.63) is 23.2 Å². The molecule has 1 aliphatic rings. The molecule has 2 rings (SSSR count). The smallest absolute Gasteiger partial charge is 0.241 e. The standard InChI is InChI=1S/C14H19ClN2O2.ClH/c1-2-19-13-7-6-10(9-11(13)15)17-14(18)12-5-3-4-8-16-12;/h6-7,9,12,16H,2-5,8H2,1H3,(H,17,18);1H/t12-;/m1./s1. The molecule has 4 nitrogen and oxygen atoms in total. The minimum atomic E-state index is -0.0981. The number of anilines is 1. The van der Waals surface area contributed by atoms with Gasteiger partial charge < -0.3 is 15.4 Å². The van der Waals surface area contributed by atoms with Crippen molar-refractivity contribution >= 4 is 35.6 Å². The Morgan fingerprint density at radius 3 is 2.90 bits per heavy atom. The Morgan fingerprint density at radius 2 is 2.30 bits per heavy atom. The molecule has 1 aromatic carbocycles. The summed E-state index contributed by atoms with van der Waals surface area (Å²) >= 11 is 6.09. The summed E-state index contributed by atoms with van der Waals surface area (Å²) in [5, 5.41) is 6.61. The van der Waals surface area contributed by atoms with Crippen molar-refractivity contribution < 1.29 is 9.53 Å². The van der Waals surface area contributed by atoms with Gasteiger partial charge in [-0.15, -0.1) is 12.4 Å². The number of benzene rings is 1. The maximum atomic E-state index is 12.0. The molecule has 0 spiro atoms. The van der Waals surface area contributed by atoms with Crippen LogP contribution in [0.2, 0.25) is 5.02 Å². The molecule has 20 heavy (non-hydrogen) atoms. The highest BCUT2D eigenvalue weighted by molar-refractivity contribution is 6.32. The first kappa shape index (κ1) is 17.1. The van der Waals surface area contributed by atoms with Crippen LogP contribution in [0.3, 0.4) is 0 Å². The zero-order chi connectivity index (χ0) is 13.7. The second-order valence-electron chi connectivity index (χ2n) is 4.57. The second kappa shape index (κ2) is 8.35. The average Bonchev–Trinajstić information content (AvgIpc) is 2.43. The lowest BCUT2D eigenvalue weighted by molar-refractivity contribution is -0.118. The van der Waals surface area contributed by atoms with Gasteiger partial charge in [0, 0.05) is 5.69 Å². The van der Waals surface area contributed by atoms with E-state index in [1.807, 2.05) is 6.92 Å². The number of carbonyl (C=O) groups is 1. The van der Waals surface area contributed by atoms with Crippen LogP contribution in [0, 0.1) is 0 Å². The Morgan fingerprint density at radius 1 is 1.50 bits per heavy atom. The van der Waals surface area contributed by atoms with Crippen LogP contribution in [-0.2, 0) is 4.79 Å². The molecule has 0 saturated carbocycles. The van der Waals surface area contributed by atoms with E-state index in [0.717, 1.165) is 25.8 Å². The summed E-state index contributed by atoms with van der Waals surface area (Å²) in [7, 11) is 0. The molecule has 112 valence electrons. The van der Waals surface area contributed by atoms with Crippen LogP contribution in [0.1, 0.15) is 26.2 Å². The molecule has 0 aliphatic carbocycles. The van der Waals surface area contributed by atoms with Gasteiger partial charge in [0.1, 0.15) is 5.75 Å². The predicted octanol–water partition coefficient (Wildman–Crippen LogP) is 3.24. The molecule has 1 aliphatic heterocycles. The van der Waals surface area contributed by atoms with Gasteiger partial charge in [0.25, 0.3) is 0 Å². The van der Waals surface area contributed by atoms with E-state index in [4.69, 9.17) is 16.3 Å². The Hall–Kier alpha value is -0.970. The van der Waals surface area contributed by atoms with Crippen LogP contribution >= 0.6 is 24.0 Å². The molecular formula is C14H20Cl2N2O2. The van der Waals surface area contributed by atoms with Crippen molar-refractivity contribution in [2.24, 2.45) is 0 Å². The van der Waals surface area contributed by atoms with Gasteiger partial charge in [-0.25, -0.2) is 0 Å². The maximum Gasteiger partial charge on any atom is 0.241 e. The van der Waals surface area contributed by atoms with Crippen molar-refractivity contribution in [2.75, 3.05) is 18.5 Å². The van der Waals surface area contributed by atoms with E-state index >= 15 is 0 Å². The van der Waals surface area contributed by atoms with E-state index in [9.17, 15) is 4.79 Å². The molecule has 2 N–H and O–H groups in total. The normalized spacial score (nSPS) is 18.0. The van der Waals surface area contributed by atoms with Gasteiger partial charge in [-0.2, -0.15) is 0 Å². The highest BCUT2D eigenvalue weighted by atomic mass is 35.5. The van der Waals surface area contributed by atoms with E-state index in [1.165, 1.54) is 0 Å². The molecule has 1 atom stereocenters. The molecule has 1 fully saturated rings. The molecule has 0 aromatic heterocycles. The van der Waals surface area contributed by atoms with Gasteiger partial charge in [0.05, 0.1) is 17.7 Å². The predicted molar refractivity (Wildman–Crippen MR) is 84.1 cm³/mol. The van der Waals surface area contributed by atoms with E-state index in [0.29, 0.717) is 23.1 Å². The molecule has 1 saturated heterocycles. The van der Waals surface area contributed by atoms with Crippen LogP contribution < -0.4 is 15.4 Å². The first-order chi connectivity index (χ1) is 9.20. The third kappa shape index (κ3) is 4.54. The third-order valence-electron chi connectivity index (χ3n) is 3.13. The zero-order valence-electron chi connectivity index (χ0n) is 11.4. The summed E-state index contributed by atoms with van der Waals surface area (Å²) in [5.74, 6) is 0.637. The number of halogens is 2. The van der Waals surface area contributed by atoms with E-state index in [2.05, 4.69) is 10.6 Å². The van der Waals surface area contributed by atoms with Crippen LogP contribution in [-0.4, -0.2) is 25.1 Å². The summed E-state index contributed by atoms with van der Waals surface area (Å²) in [4.78, 5) is 12.0. The van der Waals surface area contributed by atoms with E-state index in [1.54, 1.807) is 18.2 Å². The summed E-state index contributed by atoms with van der Waals surface area (Å²) < 4.78 is 5.36. The fourth-order valence-corrected chi connectivity index (χ4v) is 2.39. The van der Waals surface area contributed by atoms with Gasteiger partial charge in [-0.05, 0) is 44.5 Å². The monoisotopic (exact) mass is 318 g/mol. The third-order valence-corrected chi connectivity index (χ3v) is 3.42. The lowest BCUT2D eigenvalue weighted by Crippen LogP contribution is -2.43. The molecule has 1 amide bonds. The zero-order valence-corrected chi connectivity index (χ0v) is 13.0. The lowest BCUT2D eigenvalue weighted by atomic mass is 10.0. The molecule has 6 heteroatoms. The minimum Gasteiger partial charge on any atom is -0.492 e. The summed E-state index contributed by atoms with van der Waals surface area (Å²) in [6, 6.07) is 5.19. The van der Waals surface area contributed by atoms with Crippen LogP contribution in [0.4, 0.5) is 5.69 Å². The Balaban J connectivity index is 0.00000200. The largest absolute Gasteiger partial charge is 0.492 e. The number of nitrogens with one attached hydrogen (secondary N) is 2. The van der Waals surface area contributed by atoms with Crippen LogP contribution in [0.15, 0.2) is 18.2 Å². The first-order valence-electron chi connectivity index (χ1n) is 6.67. The first-order valence-corrected chi connectivity index (χ1v) is 7.05. The minimum absolute atomic E-state index is 0. The van der Waals surface area contributed by atoms with Crippen LogP contribution in [0.25, 0.3) is 0 Å². The molecule has 0 unspecified atom stereocenters. The van der Waals surface area contributed by atoms with E-state index in [-0.39, 0.29) is 24.4 Å². The summed E-state index contributed by atoms with van der Waals surface area (Å²) in [6.45, 7) is 3.38. The van der Waals surface area contributed by atoms with Crippen molar-refractivity contribution in [3.8, 4) is 5.75 Å². The highest BCUT2D eigenvalue weighted by Gasteiger charge is 2.20. The molecule has 0 radical (unpaired) electrons. The quantitative estimate of drug-likeness (QED) is 0.896. The van der Waals surface area contributed by atoms with Gasteiger partial charge in [-0.1, -0.05) is 18.0 Å². The number of hydrogen-bond acceptors (Lipinski definition) is 3. The number of hydrogen-bond donors (Lipinski definition) is 2. The molecule has 0 bridgehead atoms. The Kier molecular flexibility index (Phi) is 7.13. The SMILES string of the molecule is CCOc1ccc(NC(=O)[C@H]2CCCCN2)cc1Cl.Cl. The fraction of sp³-hybridized carbons (Fsp3) is 0.500. The topological polar surface area (TPSA) is 50.4 Å². The van der Waals surface area contributed by atoms with Crippen molar-refractivity contribution in [1.82, 2.24) is 5.32 Å². The van der Waals surface area contributed by atoms with Crippen molar-refractivity contribution in [2.45, 2.75) is 32.2 Å². The number of amides is 1. The van der Waals surface area contributed by atoms with Gasteiger partial charge in [0.15, 0.2) is 0 Å². The summed E-state index contributed by atoms with van der Waals surface area (Å²) in [5.41, 5.74) is 0.700. The van der Waals surface area contributed by atoms with Crippen molar-refractivity contribution in [1.29, 1.82) is 0 Å². The Bertz CT molecular complexity index is 449. The average molecular weight is 319 g/mol. The van der Waals surface area contributed by atoms with Gasteiger partial charge in [-0.3, -0.25) is 4.79 Å². The second-order valence-corrected chi connectivity index (χ2v) is 4.98. The Labute approximate surface area is 130 Å². The fourth-order valence-electron chi connectivity index (χ4n) is 2.16. The highest BCUT2D eigenvalue weighted by Crippen LogP contribution is 2.27. The number of rotatable bonds is 4. The number of carbonyl (C=O) groups excluding carboxylic acids is 1. The maximum absolute atomic E-state index is 12.0. The molecular weight excluding hydrogens is 299 g/mol.